The van der Waals surface area contributed by atoms with Crippen LogP contribution in [0.25, 0.3) is 22.8 Å². The Balaban J connectivity index is 1.66. The Hall–Kier alpha value is -3.65. The average molecular weight is 407 g/mol. The molecule has 0 radical (unpaired) electrons. The van der Waals surface area contributed by atoms with Gasteiger partial charge in [0, 0.05) is 5.56 Å². The Bertz CT molecular complexity index is 1220. The van der Waals surface area contributed by atoms with Gasteiger partial charge >= 0.3 is 0 Å². The van der Waals surface area contributed by atoms with Crippen molar-refractivity contribution in [2.45, 2.75) is 4.90 Å². The number of aromatic nitrogens is 2. The molecule has 0 atom stereocenters. The highest BCUT2D eigenvalue weighted by Crippen LogP contribution is 2.30. The average Bonchev–Trinajstić information content (AvgIpc) is 3.25. The van der Waals surface area contributed by atoms with E-state index in [1.807, 2.05) is 30.3 Å². The van der Waals surface area contributed by atoms with Gasteiger partial charge in [0.1, 0.15) is 5.75 Å². The Kier molecular flexibility index (Phi) is 5.01. The van der Waals surface area contributed by atoms with Gasteiger partial charge in [-0.05, 0) is 36.4 Å². The lowest BCUT2D eigenvalue weighted by Gasteiger charge is -2.11. The Morgan fingerprint density at radius 1 is 0.897 bits per heavy atom. The number of rotatable bonds is 6. The minimum absolute atomic E-state index is 0.114. The van der Waals surface area contributed by atoms with Crippen molar-refractivity contribution in [3.63, 3.8) is 0 Å². The van der Waals surface area contributed by atoms with Gasteiger partial charge in [0.05, 0.1) is 23.3 Å². The van der Waals surface area contributed by atoms with Gasteiger partial charge in [-0.25, -0.2) is 8.42 Å². The molecule has 4 rings (SSSR count). The number of nitrogens with one attached hydrogen (secondary N) is 1. The first-order valence-corrected chi connectivity index (χ1v) is 10.2. The fourth-order valence-corrected chi connectivity index (χ4v) is 3.83. The molecule has 1 heterocycles. The SMILES string of the molecule is COc1ccc(S(=O)(=O)Nc2ccccc2-c2nc(-c3ccccc3)no2)cc1. The summed E-state index contributed by atoms with van der Waals surface area (Å²) in [5.74, 6) is 1.22. The first kappa shape index (κ1) is 18.7. The molecule has 4 aromatic rings. The van der Waals surface area contributed by atoms with E-state index in [4.69, 9.17) is 9.26 Å². The Morgan fingerprint density at radius 2 is 1.59 bits per heavy atom. The number of nitrogens with zero attached hydrogens (tertiary/aromatic N) is 2. The molecule has 0 fully saturated rings. The van der Waals surface area contributed by atoms with Gasteiger partial charge in [-0.1, -0.05) is 47.6 Å². The predicted molar refractivity (Wildman–Crippen MR) is 109 cm³/mol. The minimum Gasteiger partial charge on any atom is -0.497 e. The number of benzene rings is 3. The van der Waals surface area contributed by atoms with Gasteiger partial charge in [0.2, 0.25) is 5.82 Å². The highest BCUT2D eigenvalue weighted by molar-refractivity contribution is 7.92. The summed E-state index contributed by atoms with van der Waals surface area (Å²) in [5.41, 5.74) is 1.63. The molecular formula is C21H17N3O4S. The van der Waals surface area contributed by atoms with Crippen LogP contribution in [0.1, 0.15) is 0 Å². The van der Waals surface area contributed by atoms with Gasteiger partial charge in [-0.3, -0.25) is 4.72 Å². The second-order valence-electron chi connectivity index (χ2n) is 6.12. The van der Waals surface area contributed by atoms with Crippen molar-refractivity contribution >= 4 is 15.7 Å². The second kappa shape index (κ2) is 7.76. The summed E-state index contributed by atoms with van der Waals surface area (Å²) < 4.78 is 38.6. The molecule has 1 aromatic heterocycles. The quantitative estimate of drug-likeness (QED) is 0.514. The molecule has 0 spiro atoms. The predicted octanol–water partition coefficient (Wildman–Crippen LogP) is 4.21. The van der Waals surface area contributed by atoms with Crippen LogP contribution in [0.3, 0.4) is 0 Å². The molecule has 8 heteroatoms. The smallest absolute Gasteiger partial charge is 0.261 e. The van der Waals surface area contributed by atoms with Crippen molar-refractivity contribution in [1.82, 2.24) is 10.1 Å². The third kappa shape index (κ3) is 3.97. The fourth-order valence-electron chi connectivity index (χ4n) is 2.75. The van der Waals surface area contributed by atoms with Crippen LogP contribution in [0.4, 0.5) is 5.69 Å². The topological polar surface area (TPSA) is 94.3 Å². The van der Waals surface area contributed by atoms with Crippen LogP contribution < -0.4 is 9.46 Å². The lowest BCUT2D eigenvalue weighted by Crippen LogP contribution is -2.13. The zero-order valence-corrected chi connectivity index (χ0v) is 16.3. The standard InChI is InChI=1S/C21H17N3O4S/c1-27-16-11-13-17(14-12-16)29(25,26)24-19-10-6-5-9-18(19)21-22-20(23-28-21)15-7-3-2-4-8-15/h2-14,24H,1H3. The van der Waals surface area contributed by atoms with Gasteiger partial charge in [-0.15, -0.1) is 0 Å². The zero-order valence-electron chi connectivity index (χ0n) is 15.4. The van der Waals surface area contributed by atoms with E-state index in [9.17, 15) is 8.42 Å². The molecule has 29 heavy (non-hydrogen) atoms. The first-order valence-electron chi connectivity index (χ1n) is 8.72. The van der Waals surface area contributed by atoms with Crippen molar-refractivity contribution in [1.29, 1.82) is 0 Å². The van der Waals surface area contributed by atoms with E-state index in [1.165, 1.54) is 19.2 Å². The molecule has 7 nitrogen and oxygen atoms in total. The molecule has 3 aromatic carbocycles. The molecule has 0 saturated heterocycles. The number of anilines is 1. The van der Waals surface area contributed by atoms with E-state index < -0.39 is 10.0 Å². The van der Waals surface area contributed by atoms with Crippen molar-refractivity contribution in [2.75, 3.05) is 11.8 Å². The molecule has 0 saturated carbocycles. The number of ether oxygens (including phenoxy) is 1. The summed E-state index contributed by atoms with van der Waals surface area (Å²) in [4.78, 5) is 4.52. The number of sulfonamides is 1. The number of para-hydroxylation sites is 1. The van der Waals surface area contributed by atoms with E-state index >= 15 is 0 Å². The van der Waals surface area contributed by atoms with E-state index in [0.717, 1.165) is 5.56 Å². The summed E-state index contributed by atoms with van der Waals surface area (Å²) in [6, 6.07) is 22.4. The summed E-state index contributed by atoms with van der Waals surface area (Å²) in [6.07, 6.45) is 0. The van der Waals surface area contributed by atoms with Crippen LogP contribution in [0, 0.1) is 0 Å². The summed E-state index contributed by atoms with van der Waals surface area (Å²) >= 11 is 0. The van der Waals surface area contributed by atoms with Gasteiger partial charge in [0.15, 0.2) is 0 Å². The van der Waals surface area contributed by atoms with Crippen LogP contribution in [-0.2, 0) is 10.0 Å². The molecule has 0 aliphatic carbocycles. The van der Waals surface area contributed by atoms with Crippen LogP contribution in [0.2, 0.25) is 0 Å². The Morgan fingerprint density at radius 3 is 2.31 bits per heavy atom. The third-order valence-corrected chi connectivity index (χ3v) is 5.61. The molecule has 146 valence electrons. The van der Waals surface area contributed by atoms with Crippen LogP contribution in [-0.4, -0.2) is 25.7 Å². The van der Waals surface area contributed by atoms with Gasteiger partial charge in [-0.2, -0.15) is 4.98 Å². The van der Waals surface area contributed by atoms with Crippen molar-refractivity contribution < 1.29 is 17.7 Å². The summed E-state index contributed by atoms with van der Waals surface area (Å²) in [5, 5.41) is 4.00. The molecule has 0 aliphatic rings. The highest BCUT2D eigenvalue weighted by atomic mass is 32.2. The van der Waals surface area contributed by atoms with E-state index in [2.05, 4.69) is 14.9 Å². The van der Waals surface area contributed by atoms with Crippen molar-refractivity contribution in [2.24, 2.45) is 0 Å². The lowest BCUT2D eigenvalue weighted by atomic mass is 10.2. The maximum atomic E-state index is 12.8. The largest absolute Gasteiger partial charge is 0.497 e. The minimum atomic E-state index is -3.81. The van der Waals surface area contributed by atoms with Crippen molar-refractivity contribution in [3.05, 3.63) is 78.9 Å². The van der Waals surface area contributed by atoms with Crippen LogP contribution in [0.5, 0.6) is 5.75 Å². The van der Waals surface area contributed by atoms with Crippen LogP contribution >= 0.6 is 0 Å². The molecule has 0 unspecified atom stereocenters. The maximum absolute atomic E-state index is 12.8. The number of methoxy groups -OCH3 is 1. The van der Waals surface area contributed by atoms with Gasteiger partial charge < -0.3 is 9.26 Å². The van der Waals surface area contributed by atoms with E-state index in [0.29, 0.717) is 22.8 Å². The first-order chi connectivity index (χ1) is 14.1. The molecule has 0 amide bonds. The zero-order chi connectivity index (χ0) is 20.3. The number of hydrogen-bond donors (Lipinski definition) is 1. The molecule has 1 N–H and O–H groups in total. The second-order valence-corrected chi connectivity index (χ2v) is 7.80. The van der Waals surface area contributed by atoms with Crippen LogP contribution in [0.15, 0.2) is 88.3 Å². The summed E-state index contributed by atoms with van der Waals surface area (Å²) in [7, 11) is -2.29. The van der Waals surface area contributed by atoms with Crippen molar-refractivity contribution in [3.8, 4) is 28.6 Å². The Labute approximate surface area is 168 Å². The van der Waals surface area contributed by atoms with E-state index in [1.54, 1.807) is 36.4 Å². The molecule has 0 aliphatic heterocycles. The van der Waals surface area contributed by atoms with Gasteiger partial charge in [0.25, 0.3) is 15.9 Å². The highest BCUT2D eigenvalue weighted by Gasteiger charge is 2.19. The molecule has 0 bridgehead atoms. The molecular weight excluding hydrogens is 390 g/mol. The fraction of sp³-hybridized carbons (Fsp3) is 0.0476. The van der Waals surface area contributed by atoms with E-state index in [-0.39, 0.29) is 10.8 Å². The summed E-state index contributed by atoms with van der Waals surface area (Å²) in [6.45, 7) is 0. The lowest BCUT2D eigenvalue weighted by molar-refractivity contribution is 0.414. The number of hydrogen-bond acceptors (Lipinski definition) is 6. The maximum Gasteiger partial charge on any atom is 0.261 e. The third-order valence-electron chi connectivity index (χ3n) is 4.23. The monoisotopic (exact) mass is 407 g/mol. The normalized spacial score (nSPS) is 11.2.